The number of carbonyl (C=O) groups excluding carboxylic acids is 2. The number of alkyl halides is 6. The summed E-state index contributed by atoms with van der Waals surface area (Å²) in [4.78, 5) is 27.9. The summed E-state index contributed by atoms with van der Waals surface area (Å²) in [7, 11) is 0. The number of morpholine rings is 1. The van der Waals surface area contributed by atoms with Crippen LogP contribution >= 0.6 is 0 Å². The lowest BCUT2D eigenvalue weighted by atomic mass is 9.99. The third-order valence-electron chi connectivity index (χ3n) is 7.01. The number of fused-ring (bicyclic) bond motifs is 1. The molecule has 1 aliphatic heterocycles. The Labute approximate surface area is 255 Å². The minimum Gasteiger partial charge on any atom is -0.380 e. The molecule has 1 aliphatic rings. The number of nitrogens with two attached hydrogens (primary N) is 1. The second kappa shape index (κ2) is 12.8. The minimum atomic E-state index is -4.76. The van der Waals surface area contributed by atoms with Gasteiger partial charge in [0.15, 0.2) is 5.82 Å². The summed E-state index contributed by atoms with van der Waals surface area (Å²) in [6.07, 6.45) is -8.16. The van der Waals surface area contributed by atoms with Crippen molar-refractivity contribution in [2.24, 2.45) is 0 Å². The highest BCUT2D eigenvalue weighted by molar-refractivity contribution is 6.09. The molecule has 46 heavy (non-hydrogen) atoms. The lowest BCUT2D eigenvalue weighted by Gasteiger charge is -2.26. The van der Waals surface area contributed by atoms with Gasteiger partial charge in [-0.3, -0.25) is 14.1 Å². The van der Waals surface area contributed by atoms with Crippen LogP contribution in [-0.4, -0.2) is 70.5 Å². The molecule has 18 heteroatoms. The zero-order chi connectivity index (χ0) is 33.2. The average molecular weight is 655 g/mol. The normalized spacial score (nSPS) is 14.3. The molecular formula is C28H25F7N8O3. The first-order valence-electron chi connectivity index (χ1n) is 13.6. The molecule has 11 nitrogen and oxygen atoms in total. The maximum atomic E-state index is 14.1. The summed E-state index contributed by atoms with van der Waals surface area (Å²) in [5.74, 6) is -2.23. The molecule has 0 spiro atoms. The SMILES string of the molecule is Nc1nncn2c(CN3CCOCC3)c(C(=O)NCC(F)(F)F)c(-c3ccc(NC(=O)Nc4cc(C(F)(F)F)ccc4F)cc3)c12. The second-order valence-electron chi connectivity index (χ2n) is 10.2. The van der Waals surface area contributed by atoms with Crippen LogP contribution in [0.1, 0.15) is 21.6 Å². The quantitative estimate of drug-likeness (QED) is 0.208. The highest BCUT2D eigenvalue weighted by atomic mass is 19.4. The monoisotopic (exact) mass is 654 g/mol. The third-order valence-corrected chi connectivity index (χ3v) is 7.01. The Kier molecular flexibility index (Phi) is 9.02. The number of nitrogens with zero attached hydrogens (tertiary/aromatic N) is 4. The fourth-order valence-electron chi connectivity index (χ4n) is 4.93. The fourth-order valence-corrected chi connectivity index (χ4v) is 4.93. The average Bonchev–Trinajstić information content (AvgIpc) is 3.32. The maximum Gasteiger partial charge on any atom is 0.416 e. The van der Waals surface area contributed by atoms with Crippen LogP contribution in [-0.2, 0) is 17.5 Å². The highest BCUT2D eigenvalue weighted by Gasteiger charge is 2.33. The summed E-state index contributed by atoms with van der Waals surface area (Å²) in [6, 6.07) is 6.11. The van der Waals surface area contributed by atoms with Gasteiger partial charge < -0.3 is 26.4 Å². The summed E-state index contributed by atoms with van der Waals surface area (Å²) in [5.41, 5.74) is 5.27. The zero-order valence-corrected chi connectivity index (χ0v) is 23.6. The van der Waals surface area contributed by atoms with Crippen molar-refractivity contribution in [1.82, 2.24) is 24.8 Å². The topological polar surface area (TPSA) is 139 Å². The number of aromatic nitrogens is 3. The number of nitrogens with one attached hydrogen (secondary N) is 3. The van der Waals surface area contributed by atoms with Gasteiger partial charge in [-0.25, -0.2) is 9.18 Å². The van der Waals surface area contributed by atoms with Gasteiger partial charge >= 0.3 is 18.4 Å². The fraction of sp³-hybridized carbons (Fsp3) is 0.286. The molecule has 3 heterocycles. The van der Waals surface area contributed by atoms with Gasteiger partial charge in [0.1, 0.15) is 18.7 Å². The van der Waals surface area contributed by atoms with Gasteiger partial charge in [0, 0.05) is 30.9 Å². The number of nitrogen functional groups attached to an aromatic ring is 1. The van der Waals surface area contributed by atoms with Crippen molar-refractivity contribution in [3.05, 3.63) is 71.4 Å². The molecule has 0 radical (unpaired) electrons. The molecule has 4 aromatic rings. The smallest absolute Gasteiger partial charge is 0.380 e. The van der Waals surface area contributed by atoms with Crippen LogP contribution < -0.4 is 21.7 Å². The number of benzene rings is 2. The first-order valence-corrected chi connectivity index (χ1v) is 13.6. The number of rotatable bonds is 7. The van der Waals surface area contributed by atoms with E-state index in [0.29, 0.717) is 55.8 Å². The van der Waals surface area contributed by atoms with Crippen molar-refractivity contribution in [1.29, 1.82) is 0 Å². The van der Waals surface area contributed by atoms with E-state index in [1.807, 2.05) is 15.5 Å². The number of hydrogen-bond donors (Lipinski definition) is 4. The number of anilines is 3. The standard InChI is InChI=1S/C28H25F7N8O3/c29-18-6-3-16(28(33,34)35)11-19(18)40-26(45)39-17-4-1-15(2-5-17)21-22(25(44)37-13-27(30,31)32)20(12-42-7-9-46-10-8-42)43-14-38-41-24(36)23(21)43/h1-6,11,14H,7-10,12-13H2,(H2,36,41)(H,37,44)(H2,39,40,45). The largest absolute Gasteiger partial charge is 0.416 e. The predicted molar refractivity (Wildman–Crippen MR) is 151 cm³/mol. The lowest BCUT2D eigenvalue weighted by molar-refractivity contribution is -0.137. The van der Waals surface area contributed by atoms with Crippen LogP contribution in [0.15, 0.2) is 48.8 Å². The molecule has 0 atom stereocenters. The lowest BCUT2D eigenvalue weighted by Crippen LogP contribution is -2.37. The van der Waals surface area contributed by atoms with Crippen LogP contribution in [0.2, 0.25) is 0 Å². The van der Waals surface area contributed by atoms with E-state index in [1.54, 1.807) is 0 Å². The minimum absolute atomic E-state index is 0.101. The van der Waals surface area contributed by atoms with E-state index in [2.05, 4.69) is 15.5 Å². The molecule has 1 saturated heterocycles. The summed E-state index contributed by atoms with van der Waals surface area (Å²) in [6.45, 7) is 0.355. The van der Waals surface area contributed by atoms with Crippen molar-refractivity contribution in [2.75, 3.05) is 49.2 Å². The second-order valence-corrected chi connectivity index (χ2v) is 10.2. The maximum absolute atomic E-state index is 14.1. The van der Waals surface area contributed by atoms with E-state index in [9.17, 15) is 40.3 Å². The Balaban J connectivity index is 1.49. The Bertz CT molecular complexity index is 1750. The highest BCUT2D eigenvalue weighted by Crippen LogP contribution is 2.37. The number of halogens is 7. The van der Waals surface area contributed by atoms with Gasteiger partial charge in [0.2, 0.25) is 0 Å². The van der Waals surface area contributed by atoms with Gasteiger partial charge in [-0.1, -0.05) is 12.1 Å². The number of ether oxygens (including phenoxy) is 1. The molecular weight excluding hydrogens is 629 g/mol. The summed E-state index contributed by atoms with van der Waals surface area (Å²) < 4.78 is 99.3. The summed E-state index contributed by atoms with van der Waals surface area (Å²) in [5, 5.41) is 14.0. The van der Waals surface area contributed by atoms with Crippen LogP contribution in [0.25, 0.3) is 16.6 Å². The molecule has 0 unspecified atom stereocenters. The van der Waals surface area contributed by atoms with E-state index >= 15 is 0 Å². The van der Waals surface area contributed by atoms with E-state index in [-0.39, 0.29) is 34.7 Å². The Hall–Kier alpha value is -4.97. The Morgan fingerprint density at radius 2 is 1.67 bits per heavy atom. The van der Waals surface area contributed by atoms with Gasteiger partial charge in [-0.05, 0) is 35.9 Å². The zero-order valence-electron chi connectivity index (χ0n) is 23.6. The van der Waals surface area contributed by atoms with E-state index in [4.69, 9.17) is 10.5 Å². The molecule has 244 valence electrons. The number of urea groups is 1. The van der Waals surface area contributed by atoms with E-state index in [1.165, 1.54) is 35.0 Å². The third kappa shape index (κ3) is 7.28. The summed E-state index contributed by atoms with van der Waals surface area (Å²) >= 11 is 0. The van der Waals surface area contributed by atoms with Crippen LogP contribution in [0.4, 0.5) is 52.7 Å². The van der Waals surface area contributed by atoms with Crippen molar-refractivity contribution in [3.8, 4) is 11.1 Å². The van der Waals surface area contributed by atoms with Crippen molar-refractivity contribution in [2.45, 2.75) is 18.9 Å². The molecule has 0 saturated carbocycles. The van der Waals surface area contributed by atoms with E-state index in [0.717, 1.165) is 0 Å². The van der Waals surface area contributed by atoms with Crippen molar-refractivity contribution in [3.63, 3.8) is 0 Å². The van der Waals surface area contributed by atoms with Gasteiger partial charge in [-0.15, -0.1) is 10.2 Å². The molecule has 2 aromatic carbocycles. The molecule has 0 aliphatic carbocycles. The molecule has 1 fully saturated rings. The molecule has 3 amide bonds. The molecule has 2 aromatic heterocycles. The van der Waals surface area contributed by atoms with Crippen molar-refractivity contribution >= 4 is 34.6 Å². The van der Waals surface area contributed by atoms with E-state index < -0.39 is 47.9 Å². The van der Waals surface area contributed by atoms with Crippen LogP contribution in [0.5, 0.6) is 0 Å². The molecule has 0 bridgehead atoms. The number of carbonyl (C=O) groups is 2. The first-order chi connectivity index (χ1) is 21.7. The Morgan fingerprint density at radius 1 is 0.978 bits per heavy atom. The van der Waals surface area contributed by atoms with Gasteiger partial charge in [0.05, 0.1) is 41.2 Å². The molecule has 5 N–H and O–H groups in total. The van der Waals surface area contributed by atoms with Crippen LogP contribution in [0, 0.1) is 5.82 Å². The van der Waals surface area contributed by atoms with Gasteiger partial charge in [0.25, 0.3) is 5.91 Å². The van der Waals surface area contributed by atoms with Crippen LogP contribution in [0.3, 0.4) is 0 Å². The predicted octanol–water partition coefficient (Wildman–Crippen LogP) is 4.90. The van der Waals surface area contributed by atoms with Crippen molar-refractivity contribution < 1.29 is 45.1 Å². The Morgan fingerprint density at radius 3 is 2.33 bits per heavy atom. The molecule has 5 rings (SSSR count). The van der Waals surface area contributed by atoms with Gasteiger partial charge in [-0.2, -0.15) is 26.3 Å². The number of amides is 3. The first kappa shape index (κ1) is 32.4. The number of hydrogen-bond acceptors (Lipinski definition) is 7.